The summed E-state index contributed by atoms with van der Waals surface area (Å²) in [5.41, 5.74) is 0.457. The molecule has 0 aliphatic rings. The fourth-order valence-electron chi connectivity index (χ4n) is 1.61. The van der Waals surface area contributed by atoms with Crippen molar-refractivity contribution in [3.05, 3.63) is 23.9 Å². The lowest BCUT2D eigenvalue weighted by Crippen LogP contribution is -2.36. The third-order valence-electron chi connectivity index (χ3n) is 3.17. The Kier molecular flexibility index (Phi) is 7.01. The van der Waals surface area contributed by atoms with Gasteiger partial charge in [0, 0.05) is 25.7 Å². The Labute approximate surface area is 121 Å². The van der Waals surface area contributed by atoms with Crippen LogP contribution in [0.15, 0.2) is 18.2 Å². The van der Waals surface area contributed by atoms with Crippen molar-refractivity contribution in [2.45, 2.75) is 33.2 Å². The third-order valence-corrected chi connectivity index (χ3v) is 3.17. The van der Waals surface area contributed by atoms with Crippen LogP contribution in [0, 0.1) is 0 Å². The van der Waals surface area contributed by atoms with Gasteiger partial charge in [0.05, 0.1) is 0 Å². The molecule has 2 N–H and O–H groups in total. The Bertz CT molecular complexity index is 420. The first kappa shape index (κ1) is 16.4. The second-order valence-corrected chi connectivity index (χ2v) is 5.17. The summed E-state index contributed by atoms with van der Waals surface area (Å²) in [7, 11) is 2.05. The zero-order valence-corrected chi connectivity index (χ0v) is 12.9. The largest absolute Gasteiger partial charge is 0.370 e. The van der Waals surface area contributed by atoms with Gasteiger partial charge in [0.25, 0.3) is 5.91 Å². The summed E-state index contributed by atoms with van der Waals surface area (Å²) in [6.07, 6.45) is 1.03. The minimum absolute atomic E-state index is 0.123. The van der Waals surface area contributed by atoms with E-state index in [0.717, 1.165) is 25.3 Å². The van der Waals surface area contributed by atoms with Crippen LogP contribution in [0.4, 0.5) is 5.82 Å². The molecule has 0 saturated heterocycles. The van der Waals surface area contributed by atoms with E-state index in [9.17, 15) is 4.79 Å². The zero-order valence-electron chi connectivity index (χ0n) is 12.9. The first-order chi connectivity index (χ1) is 9.54. The summed E-state index contributed by atoms with van der Waals surface area (Å²) >= 11 is 0. The van der Waals surface area contributed by atoms with E-state index in [1.165, 1.54) is 0 Å². The number of hydrogen-bond acceptors (Lipinski definition) is 4. The number of carbonyl (C=O) groups is 1. The highest BCUT2D eigenvalue weighted by Gasteiger charge is 2.08. The van der Waals surface area contributed by atoms with Crippen LogP contribution in [0.3, 0.4) is 0 Å². The molecular weight excluding hydrogens is 252 g/mol. The monoisotopic (exact) mass is 278 g/mol. The number of hydrogen-bond donors (Lipinski definition) is 2. The van der Waals surface area contributed by atoms with Crippen LogP contribution < -0.4 is 10.6 Å². The Morgan fingerprint density at radius 3 is 2.75 bits per heavy atom. The molecule has 0 aliphatic heterocycles. The van der Waals surface area contributed by atoms with Crippen molar-refractivity contribution in [2.24, 2.45) is 0 Å². The molecule has 5 heteroatoms. The Balaban J connectivity index is 2.46. The van der Waals surface area contributed by atoms with Crippen LogP contribution >= 0.6 is 0 Å². The van der Waals surface area contributed by atoms with E-state index in [-0.39, 0.29) is 5.91 Å². The molecule has 0 saturated carbocycles. The lowest BCUT2D eigenvalue weighted by atomic mass is 10.3. The Morgan fingerprint density at radius 1 is 1.35 bits per heavy atom. The maximum atomic E-state index is 12.0. The molecule has 20 heavy (non-hydrogen) atoms. The number of aromatic nitrogens is 1. The number of likely N-dealkylation sites (N-methyl/N-ethyl adjacent to an activating group) is 1. The van der Waals surface area contributed by atoms with Crippen LogP contribution in [0.2, 0.25) is 0 Å². The van der Waals surface area contributed by atoms with E-state index < -0.39 is 0 Å². The van der Waals surface area contributed by atoms with Gasteiger partial charge in [0.2, 0.25) is 0 Å². The highest BCUT2D eigenvalue weighted by atomic mass is 16.1. The Morgan fingerprint density at radius 2 is 2.10 bits per heavy atom. The molecule has 1 heterocycles. The molecular formula is C15H26N4O. The number of rotatable bonds is 8. The highest BCUT2D eigenvalue weighted by Crippen LogP contribution is 2.04. The van der Waals surface area contributed by atoms with Gasteiger partial charge in [-0.3, -0.25) is 4.79 Å². The van der Waals surface area contributed by atoms with Gasteiger partial charge in [0.1, 0.15) is 11.5 Å². The lowest BCUT2D eigenvalue weighted by molar-refractivity contribution is 0.0943. The topological polar surface area (TPSA) is 57.3 Å². The van der Waals surface area contributed by atoms with Crippen molar-refractivity contribution in [2.75, 3.05) is 32.0 Å². The van der Waals surface area contributed by atoms with Crippen molar-refractivity contribution < 1.29 is 4.79 Å². The van der Waals surface area contributed by atoms with Crippen LogP contribution in [0.1, 0.15) is 37.7 Å². The smallest absolute Gasteiger partial charge is 0.270 e. The van der Waals surface area contributed by atoms with Gasteiger partial charge in [-0.25, -0.2) is 4.98 Å². The predicted octanol–water partition coefficient (Wildman–Crippen LogP) is 1.97. The molecule has 0 fully saturated rings. The number of carbonyl (C=O) groups excluding carboxylic acids is 1. The quantitative estimate of drug-likeness (QED) is 0.763. The van der Waals surface area contributed by atoms with Crippen molar-refractivity contribution in [1.82, 2.24) is 15.2 Å². The SMILES string of the molecule is CCCNc1cccc(C(=O)NCCN(C)C(C)C)n1. The minimum atomic E-state index is -0.123. The van der Waals surface area contributed by atoms with Gasteiger partial charge in [-0.1, -0.05) is 13.0 Å². The lowest BCUT2D eigenvalue weighted by Gasteiger charge is -2.20. The first-order valence-electron chi connectivity index (χ1n) is 7.24. The molecule has 1 aromatic rings. The summed E-state index contributed by atoms with van der Waals surface area (Å²) < 4.78 is 0. The van der Waals surface area contributed by atoms with Crippen molar-refractivity contribution >= 4 is 11.7 Å². The summed E-state index contributed by atoms with van der Waals surface area (Å²) in [5, 5.41) is 6.08. The number of amides is 1. The van der Waals surface area contributed by atoms with Crippen LogP contribution in [0.5, 0.6) is 0 Å². The molecule has 1 rings (SSSR count). The molecule has 0 bridgehead atoms. The average molecular weight is 278 g/mol. The Hall–Kier alpha value is -1.62. The van der Waals surface area contributed by atoms with Crippen molar-refractivity contribution in [1.29, 1.82) is 0 Å². The highest BCUT2D eigenvalue weighted by molar-refractivity contribution is 5.92. The molecule has 112 valence electrons. The fraction of sp³-hybridized carbons (Fsp3) is 0.600. The standard InChI is InChI=1S/C15H26N4O/c1-5-9-16-14-8-6-7-13(18-14)15(20)17-10-11-19(4)12(2)3/h6-8,12H,5,9-11H2,1-4H3,(H,16,18)(H,17,20). The van der Waals surface area contributed by atoms with Gasteiger partial charge in [-0.2, -0.15) is 0 Å². The number of pyridine rings is 1. The van der Waals surface area contributed by atoms with E-state index in [1.807, 2.05) is 19.2 Å². The van der Waals surface area contributed by atoms with Gasteiger partial charge in [-0.05, 0) is 39.4 Å². The molecule has 0 aromatic carbocycles. The average Bonchev–Trinajstić information content (AvgIpc) is 2.45. The predicted molar refractivity (Wildman–Crippen MR) is 83.1 cm³/mol. The molecule has 0 spiro atoms. The van der Waals surface area contributed by atoms with E-state index in [4.69, 9.17) is 0 Å². The summed E-state index contributed by atoms with van der Waals surface area (Å²) in [6.45, 7) is 8.67. The molecule has 0 atom stereocenters. The molecule has 5 nitrogen and oxygen atoms in total. The molecule has 0 radical (unpaired) electrons. The van der Waals surface area contributed by atoms with Crippen LogP contribution in [0.25, 0.3) is 0 Å². The van der Waals surface area contributed by atoms with Crippen molar-refractivity contribution in [3.8, 4) is 0 Å². The van der Waals surface area contributed by atoms with Crippen LogP contribution in [-0.4, -0.2) is 48.5 Å². The fourth-order valence-corrected chi connectivity index (χ4v) is 1.61. The third kappa shape index (κ3) is 5.57. The van der Waals surface area contributed by atoms with Gasteiger partial charge >= 0.3 is 0 Å². The van der Waals surface area contributed by atoms with E-state index in [1.54, 1.807) is 6.07 Å². The zero-order chi connectivity index (χ0) is 15.0. The maximum Gasteiger partial charge on any atom is 0.270 e. The summed E-state index contributed by atoms with van der Waals surface area (Å²) in [6, 6.07) is 5.93. The molecule has 1 amide bonds. The molecule has 0 unspecified atom stereocenters. The summed E-state index contributed by atoms with van der Waals surface area (Å²) in [4.78, 5) is 18.5. The van der Waals surface area contributed by atoms with E-state index >= 15 is 0 Å². The van der Waals surface area contributed by atoms with Crippen molar-refractivity contribution in [3.63, 3.8) is 0 Å². The maximum absolute atomic E-state index is 12.0. The normalized spacial score (nSPS) is 10.9. The van der Waals surface area contributed by atoms with Gasteiger partial charge in [0.15, 0.2) is 0 Å². The van der Waals surface area contributed by atoms with E-state index in [0.29, 0.717) is 18.3 Å². The van der Waals surface area contributed by atoms with Crippen LogP contribution in [-0.2, 0) is 0 Å². The number of nitrogens with zero attached hydrogens (tertiary/aromatic N) is 2. The number of anilines is 1. The van der Waals surface area contributed by atoms with Gasteiger partial charge < -0.3 is 15.5 Å². The minimum Gasteiger partial charge on any atom is -0.370 e. The number of nitrogens with one attached hydrogen (secondary N) is 2. The molecule has 0 aliphatic carbocycles. The summed E-state index contributed by atoms with van der Waals surface area (Å²) in [5.74, 6) is 0.626. The second-order valence-electron chi connectivity index (χ2n) is 5.17. The van der Waals surface area contributed by atoms with E-state index in [2.05, 4.69) is 41.3 Å². The first-order valence-corrected chi connectivity index (χ1v) is 7.24. The van der Waals surface area contributed by atoms with Gasteiger partial charge in [-0.15, -0.1) is 0 Å². The second kappa shape index (κ2) is 8.53. The molecule has 1 aromatic heterocycles.